The Bertz CT molecular complexity index is 409. The fourth-order valence-electron chi connectivity index (χ4n) is 2.97. The summed E-state index contributed by atoms with van der Waals surface area (Å²) in [5, 5.41) is 0. The van der Waals surface area contributed by atoms with Crippen molar-refractivity contribution in [2.24, 2.45) is 0 Å². The van der Waals surface area contributed by atoms with Crippen LogP contribution in [0.15, 0.2) is 34.9 Å². The van der Waals surface area contributed by atoms with Crippen LogP contribution in [0.5, 0.6) is 0 Å². The molecule has 2 rings (SSSR count). The predicted octanol–water partition coefficient (Wildman–Crippen LogP) is 5.28. The Labute approximate surface area is 117 Å². The van der Waals surface area contributed by atoms with Gasteiger partial charge in [-0.15, -0.1) is 0 Å². The van der Waals surface area contributed by atoms with Crippen LogP contribution >= 0.6 is 0 Å². The molecule has 19 heavy (non-hydrogen) atoms. The van der Waals surface area contributed by atoms with Crippen molar-refractivity contribution in [3.05, 3.63) is 34.9 Å². The average molecular weight is 258 g/mol. The molecule has 2 aliphatic carbocycles. The van der Waals surface area contributed by atoms with Gasteiger partial charge in [-0.2, -0.15) is 0 Å². The van der Waals surface area contributed by atoms with E-state index in [9.17, 15) is 4.79 Å². The molecule has 0 amide bonds. The molecule has 0 atom stereocenters. The summed E-state index contributed by atoms with van der Waals surface area (Å²) in [6.45, 7) is 2.26. The van der Waals surface area contributed by atoms with Crippen LogP contribution in [0.25, 0.3) is 0 Å². The van der Waals surface area contributed by atoms with E-state index >= 15 is 0 Å². The summed E-state index contributed by atoms with van der Waals surface area (Å²) in [5.41, 5.74) is 4.09. The van der Waals surface area contributed by atoms with Crippen molar-refractivity contribution in [3.8, 4) is 0 Å². The number of hydrogen-bond acceptors (Lipinski definition) is 1. The van der Waals surface area contributed by atoms with Gasteiger partial charge in [0.1, 0.15) is 5.78 Å². The molecule has 0 N–H and O–H groups in total. The Morgan fingerprint density at radius 1 is 1.00 bits per heavy atom. The molecule has 0 aliphatic heterocycles. The lowest BCUT2D eigenvalue weighted by molar-refractivity contribution is -0.117. The number of allylic oxidation sites excluding steroid dienone is 6. The lowest BCUT2D eigenvalue weighted by atomic mass is 9.95. The summed E-state index contributed by atoms with van der Waals surface area (Å²) in [6.07, 6.45) is 18.5. The molecular weight excluding hydrogens is 232 g/mol. The standard InChI is InChI=1S/C18H26O/c1-2-3-4-5-6-7-8-9-15-10-11-16-13-18(19)14-17(16)12-15/h9-11H,2-8,12-14H2,1H3/b15-9-. The van der Waals surface area contributed by atoms with Gasteiger partial charge in [0.25, 0.3) is 0 Å². The van der Waals surface area contributed by atoms with E-state index in [1.54, 1.807) is 0 Å². The van der Waals surface area contributed by atoms with Crippen LogP contribution in [0, 0.1) is 0 Å². The van der Waals surface area contributed by atoms with Crippen LogP contribution in [-0.2, 0) is 4.79 Å². The van der Waals surface area contributed by atoms with E-state index in [0.717, 1.165) is 6.42 Å². The predicted molar refractivity (Wildman–Crippen MR) is 81.1 cm³/mol. The van der Waals surface area contributed by atoms with Crippen molar-refractivity contribution < 1.29 is 4.79 Å². The Morgan fingerprint density at radius 2 is 1.79 bits per heavy atom. The lowest BCUT2D eigenvalue weighted by Crippen LogP contribution is -1.92. The van der Waals surface area contributed by atoms with Gasteiger partial charge in [-0.1, -0.05) is 62.8 Å². The smallest absolute Gasteiger partial charge is 0.141 e. The molecular formula is C18H26O. The van der Waals surface area contributed by atoms with Gasteiger partial charge >= 0.3 is 0 Å². The van der Waals surface area contributed by atoms with Gasteiger partial charge in [0.2, 0.25) is 0 Å². The largest absolute Gasteiger partial charge is 0.299 e. The van der Waals surface area contributed by atoms with Gasteiger partial charge in [0.15, 0.2) is 0 Å². The molecule has 0 aromatic rings. The zero-order valence-corrected chi connectivity index (χ0v) is 12.2. The number of ketones is 1. The molecule has 0 saturated heterocycles. The summed E-state index contributed by atoms with van der Waals surface area (Å²) in [7, 11) is 0. The first kappa shape index (κ1) is 14.3. The number of hydrogen-bond donors (Lipinski definition) is 0. The van der Waals surface area contributed by atoms with Gasteiger partial charge in [0.05, 0.1) is 0 Å². The zero-order valence-electron chi connectivity index (χ0n) is 12.2. The molecule has 0 heterocycles. The van der Waals surface area contributed by atoms with E-state index in [-0.39, 0.29) is 0 Å². The van der Waals surface area contributed by atoms with Crippen LogP contribution in [-0.4, -0.2) is 5.78 Å². The van der Waals surface area contributed by atoms with E-state index in [0.29, 0.717) is 18.6 Å². The first-order valence-corrected chi connectivity index (χ1v) is 7.89. The molecule has 1 heteroatoms. The summed E-state index contributed by atoms with van der Waals surface area (Å²) in [4.78, 5) is 11.4. The number of unbranched alkanes of at least 4 members (excludes halogenated alkanes) is 6. The van der Waals surface area contributed by atoms with Crippen molar-refractivity contribution in [3.63, 3.8) is 0 Å². The highest BCUT2D eigenvalue weighted by molar-refractivity contribution is 5.88. The summed E-state index contributed by atoms with van der Waals surface area (Å²) < 4.78 is 0. The molecule has 0 radical (unpaired) electrons. The molecule has 0 unspecified atom stereocenters. The molecule has 0 bridgehead atoms. The zero-order chi connectivity index (χ0) is 13.5. The van der Waals surface area contributed by atoms with Gasteiger partial charge < -0.3 is 0 Å². The fraction of sp³-hybridized carbons (Fsp3) is 0.611. The third kappa shape index (κ3) is 4.49. The number of Topliss-reactive ketones (excluding diaryl/α,β-unsaturated/α-hetero) is 1. The second kappa shape index (κ2) is 7.47. The molecule has 1 nitrogen and oxygen atoms in total. The minimum Gasteiger partial charge on any atom is -0.299 e. The quantitative estimate of drug-likeness (QED) is 0.567. The van der Waals surface area contributed by atoms with Crippen molar-refractivity contribution in [1.29, 1.82) is 0 Å². The van der Waals surface area contributed by atoms with Crippen LogP contribution in [0.3, 0.4) is 0 Å². The van der Waals surface area contributed by atoms with Gasteiger partial charge in [-0.25, -0.2) is 0 Å². The maximum absolute atomic E-state index is 11.4. The second-order valence-electron chi connectivity index (χ2n) is 5.87. The van der Waals surface area contributed by atoms with Gasteiger partial charge in [-0.05, 0) is 30.4 Å². The van der Waals surface area contributed by atoms with Crippen LogP contribution in [0.2, 0.25) is 0 Å². The minimum atomic E-state index is 0.395. The van der Waals surface area contributed by atoms with Crippen molar-refractivity contribution in [2.45, 2.75) is 71.1 Å². The molecule has 2 aliphatic rings. The first-order valence-electron chi connectivity index (χ1n) is 7.89. The van der Waals surface area contributed by atoms with E-state index in [4.69, 9.17) is 0 Å². The summed E-state index contributed by atoms with van der Waals surface area (Å²) >= 11 is 0. The first-order chi connectivity index (χ1) is 9.29. The number of carbonyl (C=O) groups excluding carboxylic acids is 1. The normalized spacial score (nSPS) is 20.5. The van der Waals surface area contributed by atoms with Crippen molar-refractivity contribution in [1.82, 2.24) is 0 Å². The molecule has 0 spiro atoms. The summed E-state index contributed by atoms with van der Waals surface area (Å²) in [5.74, 6) is 0.395. The molecule has 104 valence electrons. The number of rotatable bonds is 7. The minimum absolute atomic E-state index is 0.395. The second-order valence-corrected chi connectivity index (χ2v) is 5.87. The van der Waals surface area contributed by atoms with Crippen molar-refractivity contribution in [2.75, 3.05) is 0 Å². The monoisotopic (exact) mass is 258 g/mol. The highest BCUT2D eigenvalue weighted by atomic mass is 16.1. The Balaban J connectivity index is 1.66. The highest BCUT2D eigenvalue weighted by Gasteiger charge is 2.22. The van der Waals surface area contributed by atoms with Crippen LogP contribution in [0.1, 0.15) is 71.1 Å². The maximum atomic E-state index is 11.4. The van der Waals surface area contributed by atoms with E-state index < -0.39 is 0 Å². The Morgan fingerprint density at radius 3 is 2.63 bits per heavy atom. The number of carbonyl (C=O) groups is 1. The summed E-state index contributed by atoms with van der Waals surface area (Å²) in [6, 6.07) is 0. The Kier molecular flexibility index (Phi) is 5.62. The SMILES string of the molecule is CCCCCCCC/C=C1/C=CC2=C(CC(=O)C2)C1. The molecule has 0 fully saturated rings. The van der Waals surface area contributed by atoms with E-state index in [1.807, 2.05) is 0 Å². The highest BCUT2D eigenvalue weighted by Crippen LogP contribution is 2.33. The Hall–Kier alpha value is -1.11. The maximum Gasteiger partial charge on any atom is 0.141 e. The lowest BCUT2D eigenvalue weighted by Gasteiger charge is -2.10. The molecule has 0 aromatic heterocycles. The third-order valence-electron chi connectivity index (χ3n) is 4.13. The fourth-order valence-corrected chi connectivity index (χ4v) is 2.97. The van der Waals surface area contributed by atoms with Crippen LogP contribution in [0.4, 0.5) is 0 Å². The van der Waals surface area contributed by atoms with Crippen LogP contribution < -0.4 is 0 Å². The van der Waals surface area contributed by atoms with E-state index in [2.05, 4.69) is 25.2 Å². The third-order valence-corrected chi connectivity index (χ3v) is 4.13. The van der Waals surface area contributed by atoms with Gasteiger partial charge in [0, 0.05) is 12.8 Å². The van der Waals surface area contributed by atoms with E-state index in [1.165, 1.54) is 61.7 Å². The molecule has 0 aromatic carbocycles. The topological polar surface area (TPSA) is 17.1 Å². The molecule has 0 saturated carbocycles. The van der Waals surface area contributed by atoms with Gasteiger partial charge in [-0.3, -0.25) is 4.79 Å². The van der Waals surface area contributed by atoms with Crippen molar-refractivity contribution >= 4 is 5.78 Å². The average Bonchev–Trinajstić information content (AvgIpc) is 2.77.